The molecule has 0 unspecified atom stereocenters. The van der Waals surface area contributed by atoms with Crippen molar-refractivity contribution in [2.24, 2.45) is 0 Å². The van der Waals surface area contributed by atoms with Crippen molar-refractivity contribution in [3.8, 4) is 11.1 Å². The van der Waals surface area contributed by atoms with Gasteiger partial charge in [-0.2, -0.15) is 0 Å². The van der Waals surface area contributed by atoms with Gasteiger partial charge in [0.1, 0.15) is 12.5 Å². The highest BCUT2D eigenvalue weighted by molar-refractivity contribution is 8.77. The molecule has 2 N–H and O–H groups in total. The summed E-state index contributed by atoms with van der Waals surface area (Å²) in [4.78, 5) is 63.4. The van der Waals surface area contributed by atoms with Crippen LogP contribution in [0.5, 0.6) is 0 Å². The lowest BCUT2D eigenvalue weighted by Gasteiger charge is -2.22. The van der Waals surface area contributed by atoms with Gasteiger partial charge in [-0.1, -0.05) is 75.2 Å². The number of fused-ring (bicyclic) bond motifs is 3. The highest BCUT2D eigenvalue weighted by atomic mass is 33.1. The van der Waals surface area contributed by atoms with Gasteiger partial charge in [-0.3, -0.25) is 14.4 Å². The Kier molecular flexibility index (Phi) is 18.2. The summed E-state index contributed by atoms with van der Waals surface area (Å²) in [7, 11) is 3.18. The number of nitrogens with one attached hydrogen (secondary N) is 2. The molecule has 54 heavy (non-hydrogen) atoms. The third kappa shape index (κ3) is 14.7. The minimum atomic E-state index is -1.08. The predicted octanol–water partition coefficient (Wildman–Crippen LogP) is 5.81. The van der Waals surface area contributed by atoms with Crippen LogP contribution in [0, 0.1) is 0 Å². The van der Waals surface area contributed by atoms with Gasteiger partial charge in [0.25, 0.3) is 11.8 Å². The van der Waals surface area contributed by atoms with Gasteiger partial charge in [0.15, 0.2) is 0 Å². The molecule has 0 saturated carbocycles. The molecule has 1 fully saturated rings. The molecule has 2 aromatic rings. The van der Waals surface area contributed by atoms with Crippen LogP contribution in [0.15, 0.2) is 48.5 Å². The van der Waals surface area contributed by atoms with Gasteiger partial charge < -0.3 is 39.1 Å². The average Bonchev–Trinajstić information content (AvgIpc) is 3.65. The molecule has 296 valence electrons. The molecule has 4 amide bonds. The second-order valence-electron chi connectivity index (χ2n) is 12.8. The van der Waals surface area contributed by atoms with Gasteiger partial charge >= 0.3 is 18.3 Å². The van der Waals surface area contributed by atoms with E-state index in [2.05, 4.69) is 53.6 Å². The van der Waals surface area contributed by atoms with E-state index >= 15 is 0 Å². The zero-order valence-corrected chi connectivity index (χ0v) is 32.3. The van der Waals surface area contributed by atoms with E-state index in [1.165, 1.54) is 11.1 Å². The zero-order chi connectivity index (χ0) is 38.6. The Morgan fingerprint density at radius 2 is 1.30 bits per heavy atom. The summed E-state index contributed by atoms with van der Waals surface area (Å²) >= 11 is 0. The average molecular weight is 792 g/mol. The number of hydroxylamine groups is 2. The van der Waals surface area contributed by atoms with Crippen molar-refractivity contribution >= 4 is 51.7 Å². The van der Waals surface area contributed by atoms with E-state index in [1.807, 2.05) is 24.3 Å². The largest absolute Gasteiger partial charge is 0.533 e. The molecule has 1 heterocycles. The van der Waals surface area contributed by atoms with Gasteiger partial charge in [-0.25, -0.2) is 14.4 Å². The molecule has 1 aliphatic heterocycles. The highest BCUT2D eigenvalue weighted by Gasteiger charge is 2.33. The Balaban J connectivity index is 0.890. The molecule has 17 heteroatoms. The van der Waals surface area contributed by atoms with Gasteiger partial charge in [0.05, 0.1) is 39.6 Å². The Morgan fingerprint density at radius 1 is 0.722 bits per heavy atom. The first-order valence-corrected chi connectivity index (χ1v) is 20.2. The molecular formula is C37H49N3O12S2. The Labute approximate surface area is 323 Å². The lowest BCUT2D eigenvalue weighted by atomic mass is 9.98. The minimum absolute atomic E-state index is 0.00821. The number of amides is 4. The standard InChI is InChI=1S/C37H49N3O12S2/c1-37(2,54-53-26-48-18-7-8-19-50-36(45)52-40-32(41)13-14-33(40)42)15-20-49-34(43)38-16-21-46-23-24-47-22-17-39-35(44)51-25-31-29-11-5-3-9-27(29)28-10-4-6-12-30(28)31/h3-6,9-12,31H,7-8,13-26H2,1-2H3,(H,38,43)(H,39,44). The monoisotopic (exact) mass is 791 g/mol. The van der Waals surface area contributed by atoms with Crippen molar-refractivity contribution in [1.82, 2.24) is 15.7 Å². The van der Waals surface area contributed by atoms with Crippen LogP contribution in [0.1, 0.15) is 63.0 Å². The van der Waals surface area contributed by atoms with Crippen LogP contribution in [-0.4, -0.2) is 112 Å². The van der Waals surface area contributed by atoms with Gasteiger partial charge in [0.2, 0.25) is 0 Å². The summed E-state index contributed by atoms with van der Waals surface area (Å²) in [5.41, 5.74) is 4.68. The van der Waals surface area contributed by atoms with Gasteiger partial charge in [-0.05, 0) is 55.4 Å². The second kappa shape index (κ2) is 23.0. The fourth-order valence-electron chi connectivity index (χ4n) is 5.40. The lowest BCUT2D eigenvalue weighted by molar-refractivity contribution is -0.177. The van der Waals surface area contributed by atoms with Crippen LogP contribution in [0.4, 0.5) is 14.4 Å². The number of ether oxygens (including phenoxy) is 6. The summed E-state index contributed by atoms with van der Waals surface area (Å²) in [5, 5.41) is 5.82. The molecule has 0 radical (unpaired) electrons. The van der Waals surface area contributed by atoms with Crippen LogP contribution in [0.3, 0.4) is 0 Å². The first kappa shape index (κ1) is 42.7. The lowest BCUT2D eigenvalue weighted by Crippen LogP contribution is -2.32. The summed E-state index contributed by atoms with van der Waals surface area (Å²) < 4.78 is 32.1. The number of imide groups is 1. The quantitative estimate of drug-likeness (QED) is 0.0325. The van der Waals surface area contributed by atoms with Crippen LogP contribution in [0.2, 0.25) is 0 Å². The number of unbranched alkanes of at least 4 members (excludes halogenated alkanes) is 1. The van der Waals surface area contributed by atoms with E-state index in [0.29, 0.717) is 76.4 Å². The van der Waals surface area contributed by atoms with Crippen LogP contribution in [-0.2, 0) is 42.8 Å². The van der Waals surface area contributed by atoms with E-state index in [1.54, 1.807) is 21.6 Å². The third-order valence-corrected chi connectivity index (χ3v) is 11.2. The molecule has 2 aromatic carbocycles. The maximum atomic E-state index is 12.3. The number of nitrogens with zero attached hydrogens (tertiary/aromatic N) is 1. The molecule has 2 aliphatic rings. The van der Waals surface area contributed by atoms with Crippen molar-refractivity contribution in [2.75, 3.05) is 71.9 Å². The number of alkyl carbamates (subject to hydrolysis) is 2. The number of rotatable bonds is 24. The van der Waals surface area contributed by atoms with Crippen molar-refractivity contribution in [1.29, 1.82) is 0 Å². The number of benzene rings is 2. The van der Waals surface area contributed by atoms with E-state index in [9.17, 15) is 24.0 Å². The van der Waals surface area contributed by atoms with E-state index in [4.69, 9.17) is 28.4 Å². The predicted molar refractivity (Wildman–Crippen MR) is 202 cm³/mol. The summed E-state index contributed by atoms with van der Waals surface area (Å²) in [6.45, 7) is 7.08. The molecule has 1 saturated heterocycles. The third-order valence-electron chi connectivity index (χ3n) is 8.17. The maximum Gasteiger partial charge on any atom is 0.533 e. The van der Waals surface area contributed by atoms with E-state index in [-0.39, 0.29) is 43.3 Å². The zero-order valence-electron chi connectivity index (χ0n) is 30.7. The van der Waals surface area contributed by atoms with Crippen molar-refractivity contribution < 1.29 is 57.2 Å². The maximum absolute atomic E-state index is 12.3. The molecular weight excluding hydrogens is 743 g/mol. The fourth-order valence-corrected chi connectivity index (χ4v) is 7.68. The summed E-state index contributed by atoms with van der Waals surface area (Å²) in [6, 6.07) is 16.4. The molecule has 0 spiro atoms. The van der Waals surface area contributed by atoms with Crippen molar-refractivity contribution in [2.45, 2.75) is 56.6 Å². The number of carbonyl (C=O) groups is 5. The number of carbonyl (C=O) groups excluding carboxylic acids is 5. The van der Waals surface area contributed by atoms with Crippen LogP contribution in [0.25, 0.3) is 11.1 Å². The normalized spacial score (nSPS) is 13.7. The van der Waals surface area contributed by atoms with Crippen LogP contribution >= 0.6 is 21.6 Å². The van der Waals surface area contributed by atoms with E-state index < -0.39 is 30.2 Å². The number of hydrogen-bond acceptors (Lipinski definition) is 14. The smallest absolute Gasteiger partial charge is 0.450 e. The molecule has 1 aliphatic carbocycles. The Morgan fingerprint density at radius 3 is 1.93 bits per heavy atom. The van der Waals surface area contributed by atoms with Gasteiger partial charge in [-0.15, -0.1) is 0 Å². The molecule has 4 rings (SSSR count). The second-order valence-corrected chi connectivity index (χ2v) is 15.7. The van der Waals surface area contributed by atoms with Crippen molar-refractivity contribution in [3.05, 3.63) is 59.7 Å². The van der Waals surface area contributed by atoms with E-state index in [0.717, 1.165) is 11.1 Å². The minimum Gasteiger partial charge on any atom is -0.450 e. The highest BCUT2D eigenvalue weighted by Crippen LogP contribution is 2.44. The molecule has 0 aromatic heterocycles. The summed E-state index contributed by atoms with van der Waals surface area (Å²) in [6.07, 6.45) is -0.210. The Hall–Kier alpha value is -4.03. The Bertz CT molecular complexity index is 1480. The van der Waals surface area contributed by atoms with Gasteiger partial charge in [0, 0.05) is 43.2 Å². The molecule has 15 nitrogen and oxygen atoms in total. The first-order valence-electron chi connectivity index (χ1n) is 17.9. The van der Waals surface area contributed by atoms with Crippen molar-refractivity contribution in [3.63, 3.8) is 0 Å². The van der Waals surface area contributed by atoms with Crippen LogP contribution < -0.4 is 10.6 Å². The number of hydrogen-bond donors (Lipinski definition) is 2. The molecule has 0 atom stereocenters. The SMILES string of the molecule is CC(C)(CCOC(=O)NCCOCCOCCNC(=O)OCC1c2ccccc2-c2ccccc21)SSCOCCCCOC(=O)ON1C(=O)CCC1=O. The summed E-state index contributed by atoms with van der Waals surface area (Å²) in [5.74, 6) is -0.649. The fraction of sp³-hybridized carbons (Fsp3) is 0.541. The topological polar surface area (TPSA) is 177 Å². The molecule has 0 bridgehead atoms. The first-order chi connectivity index (χ1) is 26.1.